The molecular formula is C19H26N6. The molecule has 2 aromatic heterocycles. The second kappa shape index (κ2) is 7.35. The van der Waals surface area contributed by atoms with E-state index in [1.807, 2.05) is 13.0 Å². The summed E-state index contributed by atoms with van der Waals surface area (Å²) < 4.78 is 0. The van der Waals surface area contributed by atoms with E-state index in [1.54, 1.807) is 0 Å². The second-order valence-electron chi connectivity index (χ2n) is 6.94. The minimum atomic E-state index is 0.561. The standard InChI is InChI=1S/C19H26N6/c1-13-3-2-4-14(22-13)7-12-21-18-16-8-10-20-11-9-17(16)24-19(25-18)23-15-5-6-15/h2-4,15,20H,5-12H2,1H3,(H2,21,23,24,25). The Kier molecular flexibility index (Phi) is 4.78. The van der Waals surface area contributed by atoms with Crippen molar-refractivity contribution in [2.24, 2.45) is 0 Å². The SMILES string of the molecule is Cc1cccc(CCNc2nc(NC3CC3)nc3c2CCNCC3)n1. The van der Waals surface area contributed by atoms with E-state index in [1.165, 1.54) is 24.1 Å². The van der Waals surface area contributed by atoms with Crippen LogP contribution in [0.3, 0.4) is 0 Å². The highest BCUT2D eigenvalue weighted by Crippen LogP contribution is 2.26. The number of nitrogens with zero attached hydrogens (tertiary/aromatic N) is 3. The molecule has 1 fully saturated rings. The van der Waals surface area contributed by atoms with Crippen LogP contribution in [0.2, 0.25) is 0 Å². The van der Waals surface area contributed by atoms with Crippen LogP contribution in [-0.4, -0.2) is 40.6 Å². The number of aryl methyl sites for hydroxylation is 1. The first-order chi connectivity index (χ1) is 12.3. The van der Waals surface area contributed by atoms with Gasteiger partial charge in [0, 0.05) is 48.9 Å². The van der Waals surface area contributed by atoms with Crippen LogP contribution in [0, 0.1) is 6.92 Å². The monoisotopic (exact) mass is 338 g/mol. The molecule has 6 heteroatoms. The lowest BCUT2D eigenvalue weighted by Gasteiger charge is -2.15. The lowest BCUT2D eigenvalue weighted by molar-refractivity contribution is 0.708. The predicted molar refractivity (Wildman–Crippen MR) is 100 cm³/mol. The van der Waals surface area contributed by atoms with Crippen molar-refractivity contribution < 1.29 is 0 Å². The summed E-state index contributed by atoms with van der Waals surface area (Å²) in [5.74, 6) is 1.77. The van der Waals surface area contributed by atoms with Gasteiger partial charge >= 0.3 is 0 Å². The Bertz CT molecular complexity index is 741. The lowest BCUT2D eigenvalue weighted by Crippen LogP contribution is -2.16. The van der Waals surface area contributed by atoms with E-state index < -0.39 is 0 Å². The van der Waals surface area contributed by atoms with Crippen molar-refractivity contribution in [3.05, 3.63) is 40.8 Å². The molecule has 1 aliphatic heterocycles. The van der Waals surface area contributed by atoms with Crippen molar-refractivity contribution in [3.63, 3.8) is 0 Å². The molecular weight excluding hydrogens is 312 g/mol. The molecule has 1 saturated carbocycles. The van der Waals surface area contributed by atoms with E-state index in [4.69, 9.17) is 9.97 Å². The first-order valence-corrected chi connectivity index (χ1v) is 9.31. The van der Waals surface area contributed by atoms with Crippen LogP contribution in [0.25, 0.3) is 0 Å². The van der Waals surface area contributed by atoms with Crippen LogP contribution in [0.15, 0.2) is 18.2 Å². The smallest absolute Gasteiger partial charge is 0.225 e. The molecule has 0 amide bonds. The van der Waals surface area contributed by atoms with Crippen LogP contribution in [-0.2, 0) is 19.3 Å². The van der Waals surface area contributed by atoms with E-state index in [0.29, 0.717) is 6.04 Å². The fourth-order valence-electron chi connectivity index (χ4n) is 3.21. The van der Waals surface area contributed by atoms with Crippen molar-refractivity contribution in [2.45, 2.75) is 45.1 Å². The molecule has 2 aromatic rings. The summed E-state index contributed by atoms with van der Waals surface area (Å²) in [6, 6.07) is 6.74. The van der Waals surface area contributed by atoms with Crippen molar-refractivity contribution in [1.82, 2.24) is 20.3 Å². The van der Waals surface area contributed by atoms with Gasteiger partial charge in [0.15, 0.2) is 0 Å². The minimum absolute atomic E-state index is 0.561. The van der Waals surface area contributed by atoms with Gasteiger partial charge in [0.25, 0.3) is 0 Å². The highest BCUT2D eigenvalue weighted by molar-refractivity contribution is 5.52. The zero-order valence-corrected chi connectivity index (χ0v) is 14.8. The molecule has 0 unspecified atom stereocenters. The van der Waals surface area contributed by atoms with Crippen molar-refractivity contribution in [3.8, 4) is 0 Å². The number of pyridine rings is 1. The summed E-state index contributed by atoms with van der Waals surface area (Å²) in [5, 5.41) is 10.4. The van der Waals surface area contributed by atoms with Gasteiger partial charge in [-0.05, 0) is 44.9 Å². The van der Waals surface area contributed by atoms with E-state index in [9.17, 15) is 0 Å². The highest BCUT2D eigenvalue weighted by Gasteiger charge is 2.23. The summed E-state index contributed by atoms with van der Waals surface area (Å²) >= 11 is 0. The lowest BCUT2D eigenvalue weighted by atomic mass is 10.1. The van der Waals surface area contributed by atoms with Crippen molar-refractivity contribution in [2.75, 3.05) is 30.3 Å². The maximum absolute atomic E-state index is 4.78. The summed E-state index contributed by atoms with van der Waals surface area (Å²) in [5.41, 5.74) is 4.63. The maximum atomic E-state index is 4.78. The summed E-state index contributed by atoms with van der Waals surface area (Å²) in [6.07, 6.45) is 5.28. The van der Waals surface area contributed by atoms with Gasteiger partial charge in [-0.25, -0.2) is 4.98 Å². The fraction of sp³-hybridized carbons (Fsp3) is 0.526. The van der Waals surface area contributed by atoms with Crippen molar-refractivity contribution >= 4 is 11.8 Å². The van der Waals surface area contributed by atoms with Gasteiger partial charge in [-0.1, -0.05) is 6.07 Å². The zero-order valence-electron chi connectivity index (χ0n) is 14.8. The van der Waals surface area contributed by atoms with Gasteiger partial charge in [-0.2, -0.15) is 4.98 Å². The fourth-order valence-corrected chi connectivity index (χ4v) is 3.21. The number of rotatable bonds is 6. The molecule has 0 radical (unpaired) electrons. The van der Waals surface area contributed by atoms with E-state index >= 15 is 0 Å². The Labute approximate surface area is 148 Å². The predicted octanol–water partition coefficient (Wildman–Crippen LogP) is 2.10. The van der Waals surface area contributed by atoms with Crippen LogP contribution in [0.5, 0.6) is 0 Å². The molecule has 0 saturated heterocycles. The van der Waals surface area contributed by atoms with E-state index in [2.05, 4.69) is 33.1 Å². The normalized spacial score (nSPS) is 16.8. The Morgan fingerprint density at radius 2 is 2.00 bits per heavy atom. The minimum Gasteiger partial charge on any atom is -0.369 e. The van der Waals surface area contributed by atoms with Crippen LogP contribution in [0.4, 0.5) is 11.8 Å². The molecule has 3 N–H and O–H groups in total. The van der Waals surface area contributed by atoms with E-state index in [-0.39, 0.29) is 0 Å². The molecule has 0 spiro atoms. The topological polar surface area (TPSA) is 74.8 Å². The number of hydrogen-bond acceptors (Lipinski definition) is 6. The average molecular weight is 338 g/mol. The Hall–Kier alpha value is -2.21. The molecule has 132 valence electrons. The molecule has 0 bridgehead atoms. The molecule has 4 rings (SSSR count). The van der Waals surface area contributed by atoms with Crippen molar-refractivity contribution in [1.29, 1.82) is 0 Å². The van der Waals surface area contributed by atoms with Gasteiger partial charge in [-0.15, -0.1) is 0 Å². The molecule has 6 nitrogen and oxygen atoms in total. The number of hydrogen-bond donors (Lipinski definition) is 3. The first kappa shape index (κ1) is 16.3. The Balaban J connectivity index is 1.50. The third-order valence-electron chi connectivity index (χ3n) is 4.71. The second-order valence-corrected chi connectivity index (χ2v) is 6.94. The number of nitrogens with one attached hydrogen (secondary N) is 3. The van der Waals surface area contributed by atoms with Gasteiger partial charge in [-0.3, -0.25) is 4.98 Å². The zero-order chi connectivity index (χ0) is 17.1. The highest BCUT2D eigenvalue weighted by atomic mass is 15.2. The van der Waals surface area contributed by atoms with Crippen LogP contribution < -0.4 is 16.0 Å². The number of fused-ring (bicyclic) bond motifs is 1. The molecule has 2 aliphatic rings. The molecule has 25 heavy (non-hydrogen) atoms. The molecule has 3 heterocycles. The molecule has 0 aromatic carbocycles. The maximum Gasteiger partial charge on any atom is 0.225 e. The molecule has 0 atom stereocenters. The quantitative estimate of drug-likeness (QED) is 0.749. The van der Waals surface area contributed by atoms with Gasteiger partial charge in [0.05, 0.1) is 5.69 Å². The number of aromatic nitrogens is 3. The summed E-state index contributed by atoms with van der Waals surface area (Å²) in [7, 11) is 0. The van der Waals surface area contributed by atoms with Crippen LogP contribution >= 0.6 is 0 Å². The van der Waals surface area contributed by atoms with Gasteiger partial charge in [0.1, 0.15) is 5.82 Å². The van der Waals surface area contributed by atoms with Gasteiger partial charge < -0.3 is 16.0 Å². The third kappa shape index (κ3) is 4.25. The number of anilines is 2. The Morgan fingerprint density at radius 3 is 2.84 bits per heavy atom. The average Bonchev–Trinajstić information content (AvgIpc) is 3.42. The third-order valence-corrected chi connectivity index (χ3v) is 4.71. The molecule has 1 aliphatic carbocycles. The Morgan fingerprint density at radius 1 is 1.12 bits per heavy atom. The summed E-state index contributed by atoms with van der Waals surface area (Å²) in [4.78, 5) is 14.1. The summed E-state index contributed by atoms with van der Waals surface area (Å²) in [6.45, 7) is 4.83. The first-order valence-electron chi connectivity index (χ1n) is 9.31. The largest absolute Gasteiger partial charge is 0.369 e. The van der Waals surface area contributed by atoms with Gasteiger partial charge in [0.2, 0.25) is 5.95 Å². The van der Waals surface area contributed by atoms with E-state index in [0.717, 1.165) is 62.1 Å². The van der Waals surface area contributed by atoms with Crippen LogP contribution in [0.1, 0.15) is 35.5 Å².